The summed E-state index contributed by atoms with van der Waals surface area (Å²) in [4.78, 5) is 2.30. The van der Waals surface area contributed by atoms with E-state index in [1.165, 1.54) is 5.69 Å². The Hall–Kier alpha value is -0.870. The maximum atomic E-state index is 6.60. The van der Waals surface area contributed by atoms with E-state index in [0.717, 1.165) is 37.9 Å². The molecule has 0 aromatic carbocycles. The molecule has 0 bridgehead atoms. The second kappa shape index (κ2) is 7.23. The van der Waals surface area contributed by atoms with Crippen LogP contribution < -0.4 is 5.73 Å². The van der Waals surface area contributed by atoms with Crippen molar-refractivity contribution in [1.82, 2.24) is 14.7 Å². The van der Waals surface area contributed by atoms with Crippen LogP contribution in [0.2, 0.25) is 0 Å². The molecule has 0 aliphatic carbocycles. The monoisotopic (exact) mass is 280 g/mol. The summed E-state index contributed by atoms with van der Waals surface area (Å²) in [6.45, 7) is 9.67. The molecule has 0 aliphatic heterocycles. The Bertz CT molecular complexity index is 405. The lowest BCUT2D eigenvalue weighted by molar-refractivity contribution is 0.105. The van der Waals surface area contributed by atoms with Crippen LogP contribution in [0.3, 0.4) is 0 Å². The summed E-state index contributed by atoms with van der Waals surface area (Å²) in [6.07, 6.45) is 4.01. The zero-order chi connectivity index (χ0) is 15.3. The topological polar surface area (TPSA) is 47.1 Å². The maximum Gasteiger partial charge on any atom is 0.0624 e. The summed E-state index contributed by atoms with van der Waals surface area (Å²) < 4.78 is 2.10. The molecular weight excluding hydrogens is 248 g/mol. The quantitative estimate of drug-likeness (QED) is 0.795. The molecule has 0 saturated carbocycles. The van der Waals surface area contributed by atoms with E-state index in [4.69, 9.17) is 5.73 Å². The highest BCUT2D eigenvalue weighted by atomic mass is 15.3. The first-order valence-electron chi connectivity index (χ1n) is 7.93. The van der Waals surface area contributed by atoms with Gasteiger partial charge >= 0.3 is 0 Å². The zero-order valence-corrected chi connectivity index (χ0v) is 14.1. The first-order chi connectivity index (χ1) is 9.44. The van der Waals surface area contributed by atoms with Gasteiger partial charge in [0.1, 0.15) is 0 Å². The predicted octanol–water partition coefficient (Wildman–Crippen LogP) is 2.46. The highest BCUT2D eigenvalue weighted by molar-refractivity contribution is 5.14. The standard InChI is InChI=1S/C16H32N4/c1-7-13-11-14(20(10-4)18-13)12-15(17)16(8-2,9-3)19(5)6/h11,15H,7-10,12,17H2,1-6H3. The van der Waals surface area contributed by atoms with Crippen molar-refractivity contribution in [2.24, 2.45) is 5.73 Å². The lowest BCUT2D eigenvalue weighted by Crippen LogP contribution is -2.57. The number of rotatable bonds is 8. The smallest absolute Gasteiger partial charge is 0.0624 e. The molecule has 116 valence electrons. The van der Waals surface area contributed by atoms with Crippen molar-refractivity contribution in [3.05, 3.63) is 17.5 Å². The molecule has 2 N–H and O–H groups in total. The molecule has 1 unspecified atom stereocenters. The average Bonchev–Trinajstić information content (AvgIpc) is 2.82. The molecule has 1 aromatic heterocycles. The maximum absolute atomic E-state index is 6.60. The first-order valence-corrected chi connectivity index (χ1v) is 7.93. The van der Waals surface area contributed by atoms with Crippen LogP contribution in [-0.4, -0.2) is 40.4 Å². The summed E-state index contributed by atoms with van der Waals surface area (Å²) in [5, 5.41) is 4.63. The molecule has 1 atom stereocenters. The Kier molecular flexibility index (Phi) is 6.21. The van der Waals surface area contributed by atoms with E-state index in [-0.39, 0.29) is 11.6 Å². The summed E-state index contributed by atoms with van der Waals surface area (Å²) in [5.41, 5.74) is 9.10. The molecule has 0 radical (unpaired) electrons. The number of nitrogens with zero attached hydrogens (tertiary/aromatic N) is 3. The van der Waals surface area contributed by atoms with Gasteiger partial charge in [-0.15, -0.1) is 0 Å². The fourth-order valence-corrected chi connectivity index (χ4v) is 3.28. The van der Waals surface area contributed by atoms with Gasteiger partial charge in [0, 0.05) is 30.2 Å². The Morgan fingerprint density at radius 3 is 2.25 bits per heavy atom. The second-order valence-electron chi connectivity index (χ2n) is 5.81. The van der Waals surface area contributed by atoms with E-state index in [0.29, 0.717) is 0 Å². The molecule has 0 aliphatic rings. The van der Waals surface area contributed by atoms with E-state index in [9.17, 15) is 0 Å². The largest absolute Gasteiger partial charge is 0.326 e. The average molecular weight is 280 g/mol. The number of hydrogen-bond acceptors (Lipinski definition) is 3. The Balaban J connectivity index is 2.98. The van der Waals surface area contributed by atoms with Crippen LogP contribution in [0.1, 0.15) is 51.9 Å². The molecule has 0 fully saturated rings. The molecule has 4 nitrogen and oxygen atoms in total. The van der Waals surface area contributed by atoms with Crippen molar-refractivity contribution in [3.8, 4) is 0 Å². The van der Waals surface area contributed by atoms with Crippen LogP contribution in [0, 0.1) is 0 Å². The Labute approximate surface area is 124 Å². The fraction of sp³-hybridized carbons (Fsp3) is 0.812. The van der Waals surface area contributed by atoms with Crippen LogP contribution >= 0.6 is 0 Å². The first kappa shape index (κ1) is 17.2. The molecule has 1 rings (SSSR count). The molecular formula is C16H32N4. The van der Waals surface area contributed by atoms with Gasteiger partial charge in [0.25, 0.3) is 0 Å². The molecule has 0 saturated heterocycles. The van der Waals surface area contributed by atoms with Gasteiger partial charge in [-0.3, -0.25) is 4.68 Å². The van der Waals surface area contributed by atoms with Crippen LogP contribution in [-0.2, 0) is 19.4 Å². The third kappa shape index (κ3) is 3.23. The normalized spacial score (nSPS) is 14.0. The van der Waals surface area contributed by atoms with Crippen molar-refractivity contribution in [2.75, 3.05) is 14.1 Å². The molecule has 20 heavy (non-hydrogen) atoms. The van der Waals surface area contributed by atoms with Crippen molar-refractivity contribution in [3.63, 3.8) is 0 Å². The fourth-order valence-electron chi connectivity index (χ4n) is 3.28. The van der Waals surface area contributed by atoms with Crippen LogP contribution in [0.15, 0.2) is 6.07 Å². The third-order valence-electron chi connectivity index (χ3n) is 4.81. The lowest BCUT2D eigenvalue weighted by Gasteiger charge is -2.43. The minimum absolute atomic E-state index is 0.0647. The molecule has 4 heteroatoms. The highest BCUT2D eigenvalue weighted by Crippen LogP contribution is 2.27. The number of aryl methyl sites for hydroxylation is 2. The van der Waals surface area contributed by atoms with Crippen LogP contribution in [0.25, 0.3) is 0 Å². The van der Waals surface area contributed by atoms with Gasteiger partial charge in [0.15, 0.2) is 0 Å². The minimum Gasteiger partial charge on any atom is -0.326 e. The van der Waals surface area contributed by atoms with Crippen molar-refractivity contribution < 1.29 is 0 Å². The van der Waals surface area contributed by atoms with Crippen LogP contribution in [0.5, 0.6) is 0 Å². The lowest BCUT2D eigenvalue weighted by atomic mass is 9.81. The SMILES string of the molecule is CCc1cc(CC(N)C(CC)(CC)N(C)C)n(CC)n1. The van der Waals surface area contributed by atoms with E-state index < -0.39 is 0 Å². The Morgan fingerprint density at radius 2 is 1.85 bits per heavy atom. The molecule has 0 amide bonds. The summed E-state index contributed by atoms with van der Waals surface area (Å²) in [5.74, 6) is 0. The summed E-state index contributed by atoms with van der Waals surface area (Å²) in [7, 11) is 4.28. The van der Waals surface area contributed by atoms with Crippen molar-refractivity contribution >= 4 is 0 Å². The Morgan fingerprint density at radius 1 is 1.25 bits per heavy atom. The number of aromatic nitrogens is 2. The van der Waals surface area contributed by atoms with E-state index in [1.54, 1.807) is 0 Å². The highest BCUT2D eigenvalue weighted by Gasteiger charge is 2.36. The van der Waals surface area contributed by atoms with E-state index >= 15 is 0 Å². The van der Waals surface area contributed by atoms with Gasteiger partial charge in [-0.2, -0.15) is 5.10 Å². The molecule has 1 heterocycles. The van der Waals surface area contributed by atoms with Gasteiger partial charge in [0.05, 0.1) is 5.69 Å². The summed E-state index contributed by atoms with van der Waals surface area (Å²) in [6, 6.07) is 2.34. The number of likely N-dealkylation sites (N-methyl/N-ethyl adjacent to an activating group) is 1. The zero-order valence-electron chi connectivity index (χ0n) is 14.1. The molecule has 1 aromatic rings. The number of hydrogen-bond donors (Lipinski definition) is 1. The van der Waals surface area contributed by atoms with Gasteiger partial charge in [-0.1, -0.05) is 20.8 Å². The van der Waals surface area contributed by atoms with E-state index in [2.05, 4.69) is 62.5 Å². The minimum atomic E-state index is 0.0647. The van der Waals surface area contributed by atoms with Gasteiger partial charge < -0.3 is 10.6 Å². The second-order valence-corrected chi connectivity index (χ2v) is 5.81. The molecule has 0 spiro atoms. The van der Waals surface area contributed by atoms with Crippen molar-refractivity contribution in [1.29, 1.82) is 0 Å². The van der Waals surface area contributed by atoms with Crippen LogP contribution in [0.4, 0.5) is 0 Å². The van der Waals surface area contributed by atoms with Gasteiger partial charge in [0.2, 0.25) is 0 Å². The summed E-state index contributed by atoms with van der Waals surface area (Å²) >= 11 is 0. The van der Waals surface area contributed by atoms with Gasteiger partial charge in [-0.05, 0) is 46.3 Å². The van der Waals surface area contributed by atoms with Crippen molar-refractivity contribution in [2.45, 2.75) is 71.5 Å². The van der Waals surface area contributed by atoms with E-state index in [1.807, 2.05) is 0 Å². The predicted molar refractivity (Wildman–Crippen MR) is 86.0 cm³/mol. The number of nitrogens with two attached hydrogens (primary N) is 1. The third-order valence-corrected chi connectivity index (χ3v) is 4.81. The van der Waals surface area contributed by atoms with Gasteiger partial charge in [-0.25, -0.2) is 0 Å².